The molecule has 2 atom stereocenters. The van der Waals surface area contributed by atoms with Crippen LogP contribution in [0.2, 0.25) is 0 Å². The van der Waals surface area contributed by atoms with E-state index >= 15 is 0 Å². The lowest BCUT2D eigenvalue weighted by Crippen LogP contribution is -2.29. The third kappa shape index (κ3) is 6.04. The molecule has 0 aromatic heterocycles. The van der Waals surface area contributed by atoms with Gasteiger partial charge in [-0.2, -0.15) is 0 Å². The maximum absolute atomic E-state index is 11.7. The van der Waals surface area contributed by atoms with E-state index in [0.29, 0.717) is 18.4 Å². The van der Waals surface area contributed by atoms with Crippen LogP contribution < -0.4 is 11.5 Å². The average Bonchev–Trinajstić information content (AvgIpc) is 2.60. The molecule has 0 unspecified atom stereocenters. The maximum Gasteiger partial charge on any atom is 0.248 e. The predicted molar refractivity (Wildman–Crippen MR) is 96.4 cm³/mol. The lowest BCUT2D eigenvalue weighted by atomic mass is 9.90. The normalized spacial score (nSPS) is 13.2. The zero-order valence-electron chi connectivity index (χ0n) is 14.0. The predicted octanol–water partition coefficient (Wildman–Crippen LogP) is 1.63. The van der Waals surface area contributed by atoms with E-state index in [4.69, 9.17) is 11.5 Å². The zero-order valence-corrected chi connectivity index (χ0v) is 14.0. The number of nitrogens with two attached hydrogens (primary N) is 2. The summed E-state index contributed by atoms with van der Waals surface area (Å²) in [4.78, 5) is 23.0. The number of hydrogen-bond donors (Lipinski definition) is 3. The van der Waals surface area contributed by atoms with Gasteiger partial charge in [0, 0.05) is 11.5 Å². The van der Waals surface area contributed by atoms with Crippen molar-refractivity contribution in [3.8, 4) is 0 Å². The van der Waals surface area contributed by atoms with Gasteiger partial charge in [0.1, 0.15) is 0 Å². The standard InChI is InChI=1S/C20H23N2O3/c21-19(24)16-8-4-7-15(11-16)12-17(20(22)25)13-18(23)10-9-14-5-2-1-3-6-14/h1-8,10-11,17-18,23H,9,12-13H2,(H2,21,24)(H2,22,25)/t17-,18+/m1/s1. The molecule has 0 aliphatic heterocycles. The van der Waals surface area contributed by atoms with Gasteiger partial charge in [-0.05, 0) is 48.9 Å². The van der Waals surface area contributed by atoms with Gasteiger partial charge >= 0.3 is 0 Å². The van der Waals surface area contributed by atoms with Gasteiger partial charge in [-0.1, -0.05) is 42.5 Å². The number of carbonyl (C=O) groups is 2. The Hall–Kier alpha value is -2.66. The SMILES string of the molecule is NC(=O)c1cccc(C[C@H](C[C@@H](O)[CH]Cc2ccccc2)C(N)=O)c1. The van der Waals surface area contributed by atoms with Gasteiger partial charge in [0.2, 0.25) is 11.8 Å². The summed E-state index contributed by atoms with van der Waals surface area (Å²) >= 11 is 0. The molecule has 2 rings (SSSR count). The molecule has 0 saturated heterocycles. The fourth-order valence-corrected chi connectivity index (χ4v) is 2.71. The Bertz CT molecular complexity index is 716. The van der Waals surface area contributed by atoms with Crippen LogP contribution in [0.5, 0.6) is 0 Å². The van der Waals surface area contributed by atoms with E-state index in [-0.39, 0.29) is 6.42 Å². The van der Waals surface area contributed by atoms with Crippen LogP contribution in [-0.2, 0) is 17.6 Å². The number of aliphatic hydroxyl groups excluding tert-OH is 1. The lowest BCUT2D eigenvalue weighted by Gasteiger charge is -2.18. The number of primary amides is 2. The summed E-state index contributed by atoms with van der Waals surface area (Å²) in [6.07, 6.45) is 2.24. The molecule has 0 aliphatic rings. The van der Waals surface area contributed by atoms with Crippen molar-refractivity contribution in [3.63, 3.8) is 0 Å². The summed E-state index contributed by atoms with van der Waals surface area (Å²) in [5, 5.41) is 10.2. The molecule has 5 heteroatoms. The molecule has 5 N–H and O–H groups in total. The molecule has 0 aliphatic carbocycles. The molecular weight excluding hydrogens is 316 g/mol. The van der Waals surface area contributed by atoms with Crippen molar-refractivity contribution in [1.82, 2.24) is 0 Å². The Morgan fingerprint density at radius 3 is 2.32 bits per heavy atom. The smallest absolute Gasteiger partial charge is 0.248 e. The Morgan fingerprint density at radius 2 is 1.68 bits per heavy atom. The Morgan fingerprint density at radius 1 is 1.00 bits per heavy atom. The fourth-order valence-electron chi connectivity index (χ4n) is 2.71. The van der Waals surface area contributed by atoms with E-state index < -0.39 is 23.8 Å². The summed E-state index contributed by atoms with van der Waals surface area (Å²) in [6.45, 7) is 0. The van der Waals surface area contributed by atoms with E-state index in [9.17, 15) is 14.7 Å². The molecule has 131 valence electrons. The van der Waals surface area contributed by atoms with Crippen molar-refractivity contribution < 1.29 is 14.7 Å². The van der Waals surface area contributed by atoms with E-state index in [2.05, 4.69) is 0 Å². The van der Waals surface area contributed by atoms with E-state index in [1.54, 1.807) is 24.6 Å². The number of aliphatic hydroxyl groups is 1. The van der Waals surface area contributed by atoms with Crippen molar-refractivity contribution in [2.75, 3.05) is 0 Å². The van der Waals surface area contributed by atoms with Crippen LogP contribution >= 0.6 is 0 Å². The van der Waals surface area contributed by atoms with Crippen molar-refractivity contribution >= 4 is 11.8 Å². The topological polar surface area (TPSA) is 106 Å². The first-order chi connectivity index (χ1) is 12.0. The monoisotopic (exact) mass is 339 g/mol. The first kappa shape index (κ1) is 18.7. The van der Waals surface area contributed by atoms with Gasteiger partial charge in [-0.25, -0.2) is 0 Å². The molecule has 2 aromatic carbocycles. The molecule has 1 radical (unpaired) electrons. The van der Waals surface area contributed by atoms with Crippen LogP contribution in [0.15, 0.2) is 54.6 Å². The molecule has 2 aromatic rings. The van der Waals surface area contributed by atoms with Gasteiger partial charge in [-0.3, -0.25) is 9.59 Å². The molecule has 0 bridgehead atoms. The van der Waals surface area contributed by atoms with Gasteiger partial charge in [0.05, 0.1) is 6.10 Å². The summed E-state index contributed by atoms with van der Waals surface area (Å²) in [7, 11) is 0. The molecule has 0 spiro atoms. The Balaban J connectivity index is 1.95. The Labute approximate surface area is 147 Å². The van der Waals surface area contributed by atoms with Crippen LogP contribution in [0.3, 0.4) is 0 Å². The van der Waals surface area contributed by atoms with Gasteiger partial charge in [0.15, 0.2) is 0 Å². The fraction of sp³-hybridized carbons (Fsp3) is 0.250. The largest absolute Gasteiger partial charge is 0.393 e. The van der Waals surface area contributed by atoms with Crippen molar-refractivity contribution in [2.45, 2.75) is 25.4 Å². The highest BCUT2D eigenvalue weighted by Crippen LogP contribution is 2.18. The number of hydrogen-bond acceptors (Lipinski definition) is 3. The second-order valence-electron chi connectivity index (χ2n) is 6.10. The van der Waals surface area contributed by atoms with Crippen molar-refractivity contribution in [3.05, 3.63) is 77.7 Å². The van der Waals surface area contributed by atoms with Crippen LogP contribution in [0.1, 0.15) is 27.9 Å². The van der Waals surface area contributed by atoms with Crippen LogP contribution in [-0.4, -0.2) is 23.0 Å². The third-order valence-corrected chi connectivity index (χ3v) is 4.09. The second kappa shape index (κ2) is 8.99. The molecule has 5 nitrogen and oxygen atoms in total. The van der Waals surface area contributed by atoms with Crippen LogP contribution in [0, 0.1) is 12.3 Å². The Kier molecular flexibility index (Phi) is 6.71. The highest BCUT2D eigenvalue weighted by Gasteiger charge is 2.21. The minimum absolute atomic E-state index is 0.239. The number of benzene rings is 2. The van der Waals surface area contributed by atoms with Crippen molar-refractivity contribution in [1.29, 1.82) is 0 Å². The van der Waals surface area contributed by atoms with Crippen molar-refractivity contribution in [2.24, 2.45) is 17.4 Å². The van der Waals surface area contributed by atoms with Crippen LogP contribution in [0.25, 0.3) is 0 Å². The molecular formula is C20H23N2O3. The summed E-state index contributed by atoms with van der Waals surface area (Å²) in [6, 6.07) is 16.6. The number of rotatable bonds is 9. The van der Waals surface area contributed by atoms with E-state index in [0.717, 1.165) is 11.1 Å². The van der Waals surface area contributed by atoms with E-state index in [1.807, 2.05) is 36.4 Å². The van der Waals surface area contributed by atoms with E-state index in [1.165, 1.54) is 0 Å². The molecule has 2 amide bonds. The molecule has 0 fully saturated rings. The van der Waals surface area contributed by atoms with Gasteiger partial charge < -0.3 is 16.6 Å². The first-order valence-electron chi connectivity index (χ1n) is 8.19. The third-order valence-electron chi connectivity index (χ3n) is 4.09. The number of amides is 2. The molecule has 0 heterocycles. The minimum atomic E-state index is -0.739. The summed E-state index contributed by atoms with van der Waals surface area (Å²) in [5.74, 6) is -1.52. The average molecular weight is 339 g/mol. The first-order valence-corrected chi connectivity index (χ1v) is 8.19. The van der Waals surface area contributed by atoms with Crippen LogP contribution in [0.4, 0.5) is 0 Å². The highest BCUT2D eigenvalue weighted by atomic mass is 16.3. The molecule has 0 saturated carbocycles. The molecule has 25 heavy (non-hydrogen) atoms. The quantitative estimate of drug-likeness (QED) is 0.646. The second-order valence-corrected chi connectivity index (χ2v) is 6.10. The lowest BCUT2D eigenvalue weighted by molar-refractivity contribution is -0.122. The summed E-state index contributed by atoms with van der Waals surface area (Å²) in [5.41, 5.74) is 13.0. The zero-order chi connectivity index (χ0) is 18.2. The maximum atomic E-state index is 11.7. The summed E-state index contributed by atoms with van der Waals surface area (Å²) < 4.78 is 0. The van der Waals surface area contributed by atoms with Gasteiger partial charge in [-0.15, -0.1) is 0 Å². The van der Waals surface area contributed by atoms with Gasteiger partial charge in [0.25, 0.3) is 0 Å². The minimum Gasteiger partial charge on any atom is -0.393 e. The number of carbonyl (C=O) groups excluding carboxylic acids is 2. The highest BCUT2D eigenvalue weighted by molar-refractivity contribution is 5.92.